The molecule has 4 nitrogen and oxygen atoms in total. The number of hydrogen-bond donors (Lipinski definition) is 0. The Morgan fingerprint density at radius 1 is 0.773 bits per heavy atom. The van der Waals surface area contributed by atoms with Crippen molar-refractivity contribution in [2.24, 2.45) is 11.8 Å². The van der Waals surface area contributed by atoms with Gasteiger partial charge in [0.2, 0.25) is 0 Å². The first kappa shape index (κ1) is 20.9. The molecule has 2 atom stereocenters. The van der Waals surface area contributed by atoms with E-state index in [1.54, 1.807) is 0 Å². The molecule has 0 N–H and O–H groups in total. The zero-order valence-electron chi connectivity index (χ0n) is 14.9. The Labute approximate surface area is 135 Å². The zero-order valence-corrected chi connectivity index (χ0v) is 14.9. The molecule has 130 valence electrons. The summed E-state index contributed by atoms with van der Waals surface area (Å²) in [7, 11) is 0. The van der Waals surface area contributed by atoms with Crippen molar-refractivity contribution in [1.82, 2.24) is 0 Å². The van der Waals surface area contributed by atoms with E-state index in [4.69, 9.17) is 9.47 Å². The Bertz CT molecular complexity index is 271. The summed E-state index contributed by atoms with van der Waals surface area (Å²) >= 11 is 0. The van der Waals surface area contributed by atoms with Crippen molar-refractivity contribution in [3.05, 3.63) is 0 Å². The van der Waals surface area contributed by atoms with Crippen LogP contribution in [0.4, 0.5) is 0 Å². The Balaban J connectivity index is 3.50. The highest BCUT2D eigenvalue weighted by molar-refractivity contribution is 5.77. The first-order valence-corrected chi connectivity index (χ1v) is 8.80. The number of carbonyl (C=O) groups is 2. The van der Waals surface area contributed by atoms with E-state index >= 15 is 0 Å². The molecule has 0 spiro atoms. The van der Waals surface area contributed by atoms with Gasteiger partial charge in [0.1, 0.15) is 0 Å². The second-order valence-corrected chi connectivity index (χ2v) is 6.25. The van der Waals surface area contributed by atoms with Gasteiger partial charge >= 0.3 is 11.9 Å². The molecule has 0 aromatic heterocycles. The summed E-state index contributed by atoms with van der Waals surface area (Å²) in [5, 5.41) is 0. The summed E-state index contributed by atoms with van der Waals surface area (Å²) in [5.74, 6) is 0.731. The molecule has 0 aliphatic heterocycles. The van der Waals surface area contributed by atoms with Gasteiger partial charge in [0.25, 0.3) is 0 Å². The van der Waals surface area contributed by atoms with Crippen LogP contribution >= 0.6 is 0 Å². The maximum absolute atomic E-state index is 11.5. The second kappa shape index (κ2) is 13.6. The van der Waals surface area contributed by atoms with E-state index in [1.807, 2.05) is 0 Å². The molecule has 0 radical (unpaired) electrons. The van der Waals surface area contributed by atoms with Gasteiger partial charge in [-0.3, -0.25) is 9.59 Å². The third-order valence-corrected chi connectivity index (χ3v) is 4.14. The lowest BCUT2D eigenvalue weighted by Crippen LogP contribution is -2.12. The fraction of sp³-hybridized carbons (Fsp3) is 0.889. The molecule has 0 amide bonds. The van der Waals surface area contributed by atoms with Crippen LogP contribution in [0.15, 0.2) is 0 Å². The van der Waals surface area contributed by atoms with Crippen LogP contribution in [-0.2, 0) is 19.1 Å². The summed E-state index contributed by atoms with van der Waals surface area (Å²) in [6.45, 7) is 9.61. The Hall–Kier alpha value is -1.06. The van der Waals surface area contributed by atoms with Gasteiger partial charge in [-0.05, 0) is 37.5 Å². The Morgan fingerprint density at radius 3 is 1.45 bits per heavy atom. The minimum absolute atomic E-state index is 0.119. The van der Waals surface area contributed by atoms with Crippen LogP contribution in [0.25, 0.3) is 0 Å². The van der Waals surface area contributed by atoms with Gasteiger partial charge in [-0.1, -0.05) is 40.5 Å². The topological polar surface area (TPSA) is 52.6 Å². The lowest BCUT2D eigenvalue weighted by atomic mass is 10.0. The van der Waals surface area contributed by atoms with E-state index in [9.17, 15) is 9.59 Å². The van der Waals surface area contributed by atoms with Gasteiger partial charge in [-0.15, -0.1) is 0 Å². The Morgan fingerprint density at radius 2 is 1.14 bits per heavy atom. The normalized spacial score (nSPS) is 13.5. The van der Waals surface area contributed by atoms with Crippen molar-refractivity contribution in [2.45, 2.75) is 79.1 Å². The molecule has 2 unspecified atom stereocenters. The van der Waals surface area contributed by atoms with E-state index < -0.39 is 0 Å². The molecule has 0 aliphatic rings. The lowest BCUT2D eigenvalue weighted by Gasteiger charge is -2.09. The standard InChI is InChI=1S/C18H34O4/c1-5-15(3)9-7-13-21-17(19)11-12-18(20)22-14-8-10-16(4)6-2/h15-16H,5-14H2,1-4H3. The number of ether oxygens (including phenoxy) is 2. The fourth-order valence-corrected chi connectivity index (χ4v) is 1.99. The third kappa shape index (κ3) is 12.7. The average molecular weight is 314 g/mol. The first-order valence-electron chi connectivity index (χ1n) is 8.80. The third-order valence-electron chi connectivity index (χ3n) is 4.14. The maximum Gasteiger partial charge on any atom is 0.306 e. The average Bonchev–Trinajstić information content (AvgIpc) is 2.52. The van der Waals surface area contributed by atoms with Gasteiger partial charge in [0.15, 0.2) is 0 Å². The van der Waals surface area contributed by atoms with Crippen LogP contribution in [0.1, 0.15) is 79.1 Å². The minimum Gasteiger partial charge on any atom is -0.466 e. The number of hydrogen-bond acceptors (Lipinski definition) is 4. The highest BCUT2D eigenvalue weighted by Crippen LogP contribution is 2.10. The molecule has 0 heterocycles. The molecule has 0 aliphatic carbocycles. The molecule has 0 fully saturated rings. The molecule has 0 bridgehead atoms. The van der Waals surface area contributed by atoms with Crippen molar-refractivity contribution in [3.8, 4) is 0 Å². The molecule has 0 saturated heterocycles. The molecular formula is C18H34O4. The van der Waals surface area contributed by atoms with Crippen LogP contribution in [0.2, 0.25) is 0 Å². The van der Waals surface area contributed by atoms with E-state index in [0.717, 1.165) is 38.5 Å². The largest absolute Gasteiger partial charge is 0.466 e. The molecule has 4 heteroatoms. The van der Waals surface area contributed by atoms with Gasteiger partial charge in [0, 0.05) is 0 Å². The van der Waals surface area contributed by atoms with Crippen molar-refractivity contribution in [3.63, 3.8) is 0 Å². The number of rotatable bonds is 13. The van der Waals surface area contributed by atoms with Crippen LogP contribution in [0.3, 0.4) is 0 Å². The zero-order chi connectivity index (χ0) is 16.8. The number of esters is 2. The van der Waals surface area contributed by atoms with E-state index in [-0.39, 0.29) is 24.8 Å². The summed E-state index contributed by atoms with van der Waals surface area (Å²) in [4.78, 5) is 23.0. The predicted molar refractivity (Wildman–Crippen MR) is 88.5 cm³/mol. The van der Waals surface area contributed by atoms with Crippen LogP contribution < -0.4 is 0 Å². The maximum atomic E-state index is 11.5. The van der Waals surface area contributed by atoms with Crippen molar-refractivity contribution in [1.29, 1.82) is 0 Å². The fourth-order valence-electron chi connectivity index (χ4n) is 1.99. The van der Waals surface area contributed by atoms with Gasteiger partial charge < -0.3 is 9.47 Å². The first-order chi connectivity index (χ1) is 10.5. The smallest absolute Gasteiger partial charge is 0.306 e. The lowest BCUT2D eigenvalue weighted by molar-refractivity contribution is -0.150. The molecule has 0 rings (SSSR count). The van der Waals surface area contributed by atoms with Crippen molar-refractivity contribution >= 4 is 11.9 Å². The SMILES string of the molecule is CCC(C)CCCOC(=O)CCC(=O)OCCCC(C)CC. The van der Waals surface area contributed by atoms with Crippen molar-refractivity contribution in [2.75, 3.05) is 13.2 Å². The molecule has 0 aromatic carbocycles. The monoisotopic (exact) mass is 314 g/mol. The summed E-state index contributed by atoms with van der Waals surface area (Å²) < 4.78 is 10.2. The molecule has 22 heavy (non-hydrogen) atoms. The second-order valence-electron chi connectivity index (χ2n) is 6.25. The van der Waals surface area contributed by atoms with Crippen molar-refractivity contribution < 1.29 is 19.1 Å². The van der Waals surface area contributed by atoms with Crippen LogP contribution in [-0.4, -0.2) is 25.2 Å². The molecule has 0 aromatic rings. The van der Waals surface area contributed by atoms with E-state index in [0.29, 0.717) is 25.0 Å². The Kier molecular flexibility index (Phi) is 12.9. The van der Waals surface area contributed by atoms with E-state index in [1.165, 1.54) is 0 Å². The summed E-state index contributed by atoms with van der Waals surface area (Å²) in [6.07, 6.45) is 6.46. The predicted octanol–water partition coefficient (Wildman–Crippen LogP) is 4.51. The molecular weight excluding hydrogens is 280 g/mol. The quantitative estimate of drug-likeness (QED) is 0.371. The van der Waals surface area contributed by atoms with E-state index in [2.05, 4.69) is 27.7 Å². The van der Waals surface area contributed by atoms with Gasteiger partial charge in [0.05, 0.1) is 26.1 Å². The highest BCUT2D eigenvalue weighted by Gasteiger charge is 2.09. The van der Waals surface area contributed by atoms with Crippen LogP contribution in [0.5, 0.6) is 0 Å². The molecule has 0 saturated carbocycles. The number of carbonyl (C=O) groups excluding carboxylic acids is 2. The van der Waals surface area contributed by atoms with Crippen LogP contribution in [0, 0.1) is 11.8 Å². The minimum atomic E-state index is -0.305. The van der Waals surface area contributed by atoms with Gasteiger partial charge in [-0.25, -0.2) is 0 Å². The highest BCUT2D eigenvalue weighted by atomic mass is 16.5. The summed E-state index contributed by atoms with van der Waals surface area (Å²) in [5.41, 5.74) is 0. The summed E-state index contributed by atoms with van der Waals surface area (Å²) in [6, 6.07) is 0. The van der Waals surface area contributed by atoms with Gasteiger partial charge in [-0.2, -0.15) is 0 Å².